The molecule has 0 fully saturated rings. The number of allylic oxidation sites excluding steroid dienone is 6. The number of unbranched alkanes of at least 4 members (excludes halogenated alkanes) is 26. The maximum absolute atomic E-state index is 12.5. The lowest BCUT2D eigenvalue weighted by molar-refractivity contribution is -0.132. The molecule has 0 saturated heterocycles. The number of carbonyl (C=O) groups is 1. The van der Waals surface area contributed by atoms with Crippen LogP contribution in [0, 0.1) is 0 Å². The van der Waals surface area contributed by atoms with Crippen LogP contribution in [0.25, 0.3) is 0 Å². The summed E-state index contributed by atoms with van der Waals surface area (Å²) in [5.74, 6) is -0.597. The summed E-state index contributed by atoms with van der Waals surface area (Å²) in [6.07, 6.45) is 49.2. The minimum absolute atomic E-state index is 0.361. The Kier molecular flexibility index (Phi) is 40.5. The van der Waals surface area contributed by atoms with Gasteiger partial charge < -0.3 is 25.7 Å². The zero-order chi connectivity index (χ0) is 38.9. The van der Waals surface area contributed by atoms with Crippen LogP contribution in [0.5, 0.6) is 0 Å². The Labute approximate surface area is 328 Å². The highest BCUT2D eigenvalue weighted by Crippen LogP contribution is 2.15. The Bertz CT molecular complexity index is 843. The molecule has 0 rings (SSSR count). The highest BCUT2D eigenvalue weighted by Gasteiger charge is 2.28. The topological polar surface area (TPSA) is 110 Å². The molecule has 0 bridgehead atoms. The van der Waals surface area contributed by atoms with Crippen LogP contribution in [-0.4, -0.2) is 57.3 Å². The minimum Gasteiger partial charge on any atom is -0.394 e. The van der Waals surface area contributed by atoms with Gasteiger partial charge in [0.1, 0.15) is 12.2 Å². The van der Waals surface area contributed by atoms with Crippen LogP contribution in [0.3, 0.4) is 0 Å². The van der Waals surface area contributed by atoms with E-state index in [0.717, 1.165) is 44.9 Å². The predicted octanol–water partition coefficient (Wildman–Crippen LogP) is 12.1. The van der Waals surface area contributed by atoms with E-state index in [1.165, 1.54) is 154 Å². The second-order valence-electron chi connectivity index (χ2n) is 15.7. The van der Waals surface area contributed by atoms with Gasteiger partial charge in [-0.2, -0.15) is 0 Å². The van der Waals surface area contributed by atoms with Crippen LogP contribution in [0.1, 0.15) is 226 Å². The Morgan fingerprint density at radius 1 is 0.472 bits per heavy atom. The van der Waals surface area contributed by atoms with Gasteiger partial charge in [0.05, 0.1) is 18.8 Å². The smallest absolute Gasteiger partial charge is 0.249 e. The van der Waals surface area contributed by atoms with Gasteiger partial charge in [0.25, 0.3) is 0 Å². The molecule has 5 N–H and O–H groups in total. The molecule has 0 aromatic heterocycles. The Morgan fingerprint density at radius 3 is 1.26 bits per heavy atom. The maximum atomic E-state index is 12.5. The number of nitrogens with one attached hydrogen (secondary N) is 1. The van der Waals surface area contributed by atoms with Gasteiger partial charge in [-0.3, -0.25) is 4.79 Å². The van der Waals surface area contributed by atoms with Gasteiger partial charge >= 0.3 is 0 Å². The zero-order valence-corrected chi connectivity index (χ0v) is 35.0. The number of carbonyl (C=O) groups excluding carboxylic acids is 1. The molecule has 6 nitrogen and oxygen atoms in total. The molecule has 1 amide bonds. The number of hydrogen-bond donors (Lipinski definition) is 5. The van der Waals surface area contributed by atoms with Crippen molar-refractivity contribution in [2.24, 2.45) is 0 Å². The lowest BCUT2D eigenvalue weighted by Crippen LogP contribution is -2.53. The summed E-state index contributed by atoms with van der Waals surface area (Å²) < 4.78 is 0. The Balaban J connectivity index is 3.64. The van der Waals surface area contributed by atoms with Crippen molar-refractivity contribution in [2.45, 2.75) is 250 Å². The molecule has 0 heterocycles. The SMILES string of the molecule is CCCCCC/C=C/CCCC(O)C(O)C(CO)NC(=O)C(O)CCCCCCCCCCCCCC/C=C\C/C=C\CCCCCCCCCCC. The molecule has 0 radical (unpaired) electrons. The molecule has 312 valence electrons. The van der Waals surface area contributed by atoms with Gasteiger partial charge in [0.2, 0.25) is 5.91 Å². The normalized spacial score (nSPS) is 14.5. The van der Waals surface area contributed by atoms with Crippen LogP contribution in [0.15, 0.2) is 36.5 Å². The third-order valence-corrected chi connectivity index (χ3v) is 10.6. The highest BCUT2D eigenvalue weighted by molar-refractivity contribution is 5.80. The lowest BCUT2D eigenvalue weighted by Gasteiger charge is -2.27. The van der Waals surface area contributed by atoms with Crippen LogP contribution in [-0.2, 0) is 4.79 Å². The molecule has 0 aliphatic heterocycles. The molecule has 4 atom stereocenters. The lowest BCUT2D eigenvalue weighted by atomic mass is 10.00. The van der Waals surface area contributed by atoms with Crippen LogP contribution in [0.4, 0.5) is 0 Å². The number of aliphatic hydroxyl groups excluding tert-OH is 4. The summed E-state index contributed by atoms with van der Waals surface area (Å²) in [5, 5.41) is 43.4. The molecule has 4 unspecified atom stereocenters. The molecule has 0 aromatic carbocycles. The fourth-order valence-electron chi connectivity index (χ4n) is 6.90. The second-order valence-corrected chi connectivity index (χ2v) is 15.7. The second kappa shape index (κ2) is 41.7. The summed E-state index contributed by atoms with van der Waals surface area (Å²) in [4.78, 5) is 12.5. The van der Waals surface area contributed by atoms with Gasteiger partial charge in [0, 0.05) is 0 Å². The fraction of sp³-hybridized carbons (Fsp3) is 0.851. The number of aliphatic hydroxyl groups is 4. The first-order chi connectivity index (χ1) is 26.0. The molecular formula is C47H89NO5. The highest BCUT2D eigenvalue weighted by atomic mass is 16.3. The van der Waals surface area contributed by atoms with Crippen LogP contribution < -0.4 is 5.32 Å². The van der Waals surface area contributed by atoms with E-state index in [4.69, 9.17) is 0 Å². The monoisotopic (exact) mass is 748 g/mol. The molecule has 0 saturated carbocycles. The van der Waals surface area contributed by atoms with E-state index < -0.39 is 36.9 Å². The van der Waals surface area contributed by atoms with Crippen molar-refractivity contribution in [3.8, 4) is 0 Å². The van der Waals surface area contributed by atoms with E-state index in [1.54, 1.807) is 0 Å². The van der Waals surface area contributed by atoms with E-state index in [0.29, 0.717) is 12.8 Å². The average molecular weight is 748 g/mol. The summed E-state index contributed by atoms with van der Waals surface area (Å²) in [7, 11) is 0. The van der Waals surface area contributed by atoms with Crippen molar-refractivity contribution >= 4 is 5.91 Å². The van der Waals surface area contributed by atoms with E-state index in [9.17, 15) is 25.2 Å². The molecular weight excluding hydrogens is 659 g/mol. The predicted molar refractivity (Wildman–Crippen MR) is 228 cm³/mol. The summed E-state index contributed by atoms with van der Waals surface area (Å²) in [5.41, 5.74) is 0. The first-order valence-corrected chi connectivity index (χ1v) is 22.9. The Hall–Kier alpha value is -1.47. The Morgan fingerprint density at radius 2 is 0.830 bits per heavy atom. The van der Waals surface area contributed by atoms with Crippen molar-refractivity contribution in [1.82, 2.24) is 5.32 Å². The molecule has 0 aromatic rings. The minimum atomic E-state index is -1.28. The van der Waals surface area contributed by atoms with Gasteiger partial charge in [-0.1, -0.05) is 192 Å². The first-order valence-electron chi connectivity index (χ1n) is 22.9. The quantitative estimate of drug-likeness (QED) is 0.0316. The van der Waals surface area contributed by atoms with Crippen molar-refractivity contribution in [1.29, 1.82) is 0 Å². The van der Waals surface area contributed by atoms with Crippen molar-refractivity contribution in [3.05, 3.63) is 36.5 Å². The van der Waals surface area contributed by atoms with Crippen molar-refractivity contribution < 1.29 is 25.2 Å². The van der Waals surface area contributed by atoms with Gasteiger partial charge in [-0.15, -0.1) is 0 Å². The number of rotatable bonds is 41. The third kappa shape index (κ3) is 36.0. The summed E-state index contributed by atoms with van der Waals surface area (Å²) in [6, 6.07) is -1.00. The molecule has 0 aliphatic rings. The summed E-state index contributed by atoms with van der Waals surface area (Å²) >= 11 is 0. The first kappa shape index (κ1) is 51.5. The molecule has 0 spiro atoms. The largest absolute Gasteiger partial charge is 0.394 e. The fourth-order valence-corrected chi connectivity index (χ4v) is 6.90. The van der Waals surface area contributed by atoms with Gasteiger partial charge in [-0.25, -0.2) is 0 Å². The van der Waals surface area contributed by atoms with Crippen LogP contribution in [0.2, 0.25) is 0 Å². The van der Waals surface area contributed by atoms with Gasteiger partial charge in [-0.05, 0) is 70.6 Å². The average Bonchev–Trinajstić information content (AvgIpc) is 3.16. The number of amides is 1. The van der Waals surface area contributed by atoms with E-state index in [1.807, 2.05) is 0 Å². The zero-order valence-electron chi connectivity index (χ0n) is 35.0. The van der Waals surface area contributed by atoms with Crippen molar-refractivity contribution in [3.63, 3.8) is 0 Å². The molecule has 6 heteroatoms. The van der Waals surface area contributed by atoms with Crippen molar-refractivity contribution in [2.75, 3.05) is 6.61 Å². The van der Waals surface area contributed by atoms with Crippen LogP contribution >= 0.6 is 0 Å². The molecule has 53 heavy (non-hydrogen) atoms. The van der Waals surface area contributed by atoms with E-state index in [2.05, 4.69) is 55.6 Å². The van der Waals surface area contributed by atoms with E-state index in [-0.39, 0.29) is 0 Å². The standard InChI is InChI=1S/C47H89NO5/c1-3-5-7-9-11-13-14-15-16-17-18-19-20-21-22-23-24-25-26-27-28-29-30-31-33-35-37-39-41-45(51)47(53)48-43(42-49)46(52)44(50)40-38-36-34-32-12-10-8-6-4-2/h18-19,21-22,32,34,43-46,49-52H,3-17,20,23-31,33,35-42H2,1-2H3,(H,48,53)/b19-18-,22-21-,34-32+. The maximum Gasteiger partial charge on any atom is 0.249 e. The summed E-state index contributed by atoms with van der Waals surface area (Å²) in [6.45, 7) is 3.99. The van der Waals surface area contributed by atoms with Gasteiger partial charge in [0.15, 0.2) is 0 Å². The number of hydrogen-bond acceptors (Lipinski definition) is 5. The van der Waals surface area contributed by atoms with E-state index >= 15 is 0 Å². The molecule has 0 aliphatic carbocycles. The third-order valence-electron chi connectivity index (χ3n) is 10.6.